The van der Waals surface area contributed by atoms with Gasteiger partial charge in [-0.2, -0.15) is 0 Å². The average Bonchev–Trinajstić information content (AvgIpc) is 2.62. The van der Waals surface area contributed by atoms with E-state index in [1.165, 1.54) is 18.2 Å². The van der Waals surface area contributed by atoms with Crippen LogP contribution in [0.15, 0.2) is 53.4 Å². The lowest BCUT2D eigenvalue weighted by Crippen LogP contribution is -2.28. The number of esters is 1. The Hall–Kier alpha value is -3.07. The lowest BCUT2D eigenvalue weighted by molar-refractivity contribution is -0.160. The molecule has 0 amide bonds. The lowest BCUT2D eigenvalue weighted by atomic mass is 10.2. The van der Waals surface area contributed by atoms with E-state index in [-0.39, 0.29) is 22.6 Å². The van der Waals surface area contributed by atoms with Crippen molar-refractivity contribution in [1.29, 1.82) is 0 Å². The maximum atomic E-state index is 12.2. The molecule has 0 saturated heterocycles. The summed E-state index contributed by atoms with van der Waals surface area (Å²) in [4.78, 5) is 23.0. The van der Waals surface area contributed by atoms with Gasteiger partial charge in [-0.15, -0.1) is 0 Å². The van der Waals surface area contributed by atoms with E-state index in [0.29, 0.717) is 0 Å². The predicted octanol–water partition coefficient (Wildman–Crippen LogP) is 2.22. The number of phenols is 1. The molecule has 0 aliphatic carbocycles. The molecular formula is C18H18O8S. The third kappa shape index (κ3) is 5.45. The molecule has 9 heteroatoms. The van der Waals surface area contributed by atoms with E-state index in [1.54, 1.807) is 25.1 Å². The summed E-state index contributed by atoms with van der Waals surface area (Å²) in [7, 11) is -3.85. The van der Waals surface area contributed by atoms with Gasteiger partial charge in [0.2, 0.25) is 6.29 Å². The van der Waals surface area contributed by atoms with Gasteiger partial charge in [0, 0.05) is 6.42 Å². The molecule has 0 bridgehead atoms. The maximum absolute atomic E-state index is 12.2. The second kappa shape index (κ2) is 8.54. The number of carbonyl (C=O) groups is 2. The minimum atomic E-state index is -3.85. The topological polar surface area (TPSA) is 127 Å². The molecule has 144 valence electrons. The second-order valence-corrected chi connectivity index (χ2v) is 7.49. The molecule has 0 aliphatic rings. The number of carbonyl (C=O) groups excluding carboxylic acids is 1. The molecule has 27 heavy (non-hydrogen) atoms. The van der Waals surface area contributed by atoms with Crippen molar-refractivity contribution in [2.45, 2.75) is 24.5 Å². The number of carboxylic acids is 1. The molecule has 2 rings (SSSR count). The van der Waals surface area contributed by atoms with Crippen molar-refractivity contribution >= 4 is 21.8 Å². The van der Waals surface area contributed by atoms with Gasteiger partial charge in [0.1, 0.15) is 17.1 Å². The molecule has 0 radical (unpaired) electrons. The molecule has 0 fully saturated rings. The van der Waals surface area contributed by atoms with E-state index in [1.807, 2.05) is 0 Å². The fourth-order valence-corrected chi connectivity index (χ4v) is 3.27. The van der Waals surface area contributed by atoms with Crippen molar-refractivity contribution in [1.82, 2.24) is 0 Å². The van der Waals surface area contributed by atoms with Crippen LogP contribution in [0.25, 0.3) is 0 Å². The Morgan fingerprint density at radius 2 is 1.78 bits per heavy atom. The number of ether oxygens (including phenoxy) is 2. The molecule has 1 unspecified atom stereocenters. The van der Waals surface area contributed by atoms with Gasteiger partial charge < -0.3 is 19.7 Å². The number of carboxylic acid groups (broad SMARTS) is 1. The van der Waals surface area contributed by atoms with Crippen LogP contribution in [-0.4, -0.2) is 42.6 Å². The number of sulfone groups is 1. The molecule has 0 saturated carbocycles. The fraction of sp³-hybridized carbons (Fsp3) is 0.222. The SMILES string of the molecule is CCC(OC(=O)CS(=O)(=O)c1ccccc1)Oc1ccc(O)c(C(=O)O)c1. The average molecular weight is 394 g/mol. The molecule has 0 aromatic heterocycles. The summed E-state index contributed by atoms with van der Waals surface area (Å²) >= 11 is 0. The van der Waals surface area contributed by atoms with Crippen molar-refractivity contribution in [2.75, 3.05) is 5.75 Å². The first kappa shape index (κ1) is 20.2. The molecule has 1 atom stereocenters. The zero-order chi connectivity index (χ0) is 20.0. The Balaban J connectivity index is 2.05. The molecule has 0 aliphatic heterocycles. The summed E-state index contributed by atoms with van der Waals surface area (Å²) in [6.45, 7) is 1.64. The van der Waals surface area contributed by atoms with Gasteiger partial charge in [-0.05, 0) is 30.3 Å². The first-order valence-corrected chi connectivity index (χ1v) is 9.58. The quantitative estimate of drug-likeness (QED) is 0.515. The summed E-state index contributed by atoms with van der Waals surface area (Å²) < 4.78 is 34.8. The van der Waals surface area contributed by atoms with Crippen LogP contribution in [-0.2, 0) is 19.4 Å². The largest absolute Gasteiger partial charge is 0.507 e. The Morgan fingerprint density at radius 3 is 2.37 bits per heavy atom. The highest BCUT2D eigenvalue weighted by Crippen LogP contribution is 2.24. The minimum Gasteiger partial charge on any atom is -0.507 e. The monoisotopic (exact) mass is 394 g/mol. The molecular weight excluding hydrogens is 376 g/mol. The van der Waals surface area contributed by atoms with E-state index in [4.69, 9.17) is 14.6 Å². The molecule has 2 aromatic rings. The highest BCUT2D eigenvalue weighted by molar-refractivity contribution is 7.92. The Kier molecular flexibility index (Phi) is 6.40. The number of hydrogen-bond donors (Lipinski definition) is 2. The Morgan fingerprint density at radius 1 is 1.11 bits per heavy atom. The van der Waals surface area contributed by atoms with Gasteiger partial charge in [-0.3, -0.25) is 4.79 Å². The molecule has 0 spiro atoms. The van der Waals surface area contributed by atoms with Crippen molar-refractivity contribution < 1.29 is 37.7 Å². The third-order valence-electron chi connectivity index (χ3n) is 3.47. The van der Waals surface area contributed by atoms with Crippen LogP contribution in [0.5, 0.6) is 11.5 Å². The van der Waals surface area contributed by atoms with Crippen LogP contribution in [0.1, 0.15) is 23.7 Å². The van der Waals surface area contributed by atoms with Gasteiger partial charge in [0.25, 0.3) is 0 Å². The first-order chi connectivity index (χ1) is 12.7. The fourth-order valence-electron chi connectivity index (χ4n) is 2.15. The summed E-state index contributed by atoms with van der Waals surface area (Å²) in [5.74, 6) is -3.59. The number of aromatic hydroxyl groups is 1. The highest BCUT2D eigenvalue weighted by atomic mass is 32.2. The predicted molar refractivity (Wildman–Crippen MR) is 94.4 cm³/mol. The zero-order valence-corrected chi connectivity index (χ0v) is 15.2. The van der Waals surface area contributed by atoms with E-state index >= 15 is 0 Å². The van der Waals surface area contributed by atoms with E-state index in [2.05, 4.69) is 0 Å². The Labute approximate surface area is 155 Å². The van der Waals surface area contributed by atoms with Crippen molar-refractivity contribution in [2.24, 2.45) is 0 Å². The summed E-state index contributed by atoms with van der Waals surface area (Å²) in [6, 6.07) is 11.0. The summed E-state index contributed by atoms with van der Waals surface area (Å²) in [6.07, 6.45) is -0.921. The van der Waals surface area contributed by atoms with Gasteiger partial charge in [-0.1, -0.05) is 25.1 Å². The normalized spacial score (nSPS) is 12.2. The van der Waals surface area contributed by atoms with Crippen molar-refractivity contribution in [3.8, 4) is 11.5 Å². The lowest BCUT2D eigenvalue weighted by Gasteiger charge is -2.18. The third-order valence-corrected chi connectivity index (χ3v) is 5.08. The van der Waals surface area contributed by atoms with E-state index in [0.717, 1.165) is 12.1 Å². The summed E-state index contributed by atoms with van der Waals surface area (Å²) in [5.41, 5.74) is -0.375. The van der Waals surface area contributed by atoms with Crippen LogP contribution in [0, 0.1) is 0 Å². The first-order valence-electron chi connectivity index (χ1n) is 7.93. The van der Waals surface area contributed by atoms with Gasteiger partial charge >= 0.3 is 11.9 Å². The number of hydrogen-bond acceptors (Lipinski definition) is 7. The molecule has 2 N–H and O–H groups in total. The smallest absolute Gasteiger partial charge is 0.339 e. The molecule has 8 nitrogen and oxygen atoms in total. The standard InChI is InChI=1S/C18H18O8S/c1-2-17(25-12-8-9-15(19)14(10-12)18(21)22)26-16(20)11-27(23,24)13-6-4-3-5-7-13/h3-10,17,19H,2,11H2,1H3,(H,21,22). The molecule has 2 aromatic carbocycles. The van der Waals surface area contributed by atoms with Crippen molar-refractivity contribution in [3.63, 3.8) is 0 Å². The number of benzene rings is 2. The van der Waals surface area contributed by atoms with Crippen molar-refractivity contribution in [3.05, 3.63) is 54.1 Å². The molecule has 0 heterocycles. The van der Waals surface area contributed by atoms with Gasteiger partial charge in [0.05, 0.1) is 4.90 Å². The van der Waals surface area contributed by atoms with Crippen LogP contribution in [0.3, 0.4) is 0 Å². The highest BCUT2D eigenvalue weighted by Gasteiger charge is 2.23. The van der Waals surface area contributed by atoms with Gasteiger partial charge in [0.15, 0.2) is 15.6 Å². The summed E-state index contributed by atoms with van der Waals surface area (Å²) in [5, 5.41) is 18.5. The van der Waals surface area contributed by atoms with E-state index in [9.17, 15) is 23.1 Å². The van der Waals surface area contributed by atoms with E-state index < -0.39 is 39.6 Å². The number of aromatic carboxylic acids is 1. The maximum Gasteiger partial charge on any atom is 0.339 e. The van der Waals surface area contributed by atoms with Crippen LogP contribution in [0.2, 0.25) is 0 Å². The van der Waals surface area contributed by atoms with Crippen LogP contribution >= 0.6 is 0 Å². The number of rotatable bonds is 8. The van der Waals surface area contributed by atoms with Crippen LogP contribution in [0.4, 0.5) is 0 Å². The van der Waals surface area contributed by atoms with Gasteiger partial charge in [-0.25, -0.2) is 13.2 Å². The zero-order valence-electron chi connectivity index (χ0n) is 14.4. The van der Waals surface area contributed by atoms with Crippen LogP contribution < -0.4 is 4.74 Å². The second-order valence-electron chi connectivity index (χ2n) is 5.50. The minimum absolute atomic E-state index is 0.000511. The Bertz CT molecular complexity index is 922.